The average Bonchev–Trinajstić information content (AvgIpc) is 3.54. The number of methoxy groups -OCH3 is 1. The zero-order chi connectivity index (χ0) is 26.8. The van der Waals surface area contributed by atoms with Crippen molar-refractivity contribution in [3.8, 4) is 5.75 Å². The number of furan rings is 1. The molecule has 1 saturated heterocycles. The molecule has 6 rings (SSSR count). The van der Waals surface area contributed by atoms with Crippen LogP contribution in [0.3, 0.4) is 0 Å². The van der Waals surface area contributed by atoms with Gasteiger partial charge >= 0.3 is 6.03 Å². The maximum Gasteiger partial charge on any atom is 0.322 e. The molecule has 3 aliphatic heterocycles. The molecule has 3 aromatic rings. The Morgan fingerprint density at radius 1 is 1.18 bits per heavy atom. The first-order valence-corrected chi connectivity index (χ1v) is 12.2. The van der Waals surface area contributed by atoms with Gasteiger partial charge in [-0.2, -0.15) is 5.10 Å². The summed E-state index contributed by atoms with van der Waals surface area (Å²) in [5, 5.41) is 9.53. The Kier molecular flexibility index (Phi) is 5.26. The number of aromatic nitrogens is 2. The summed E-state index contributed by atoms with van der Waals surface area (Å²) in [5.74, 6) is 0.364. The summed E-state index contributed by atoms with van der Waals surface area (Å²) in [5.41, 5.74) is 3.86. The highest BCUT2D eigenvalue weighted by Crippen LogP contribution is 2.38. The van der Waals surface area contributed by atoms with Crippen molar-refractivity contribution >= 4 is 35.3 Å². The van der Waals surface area contributed by atoms with Crippen molar-refractivity contribution in [2.45, 2.75) is 32.4 Å². The molecule has 11 nitrogen and oxygen atoms in total. The smallest absolute Gasteiger partial charge is 0.322 e. The van der Waals surface area contributed by atoms with Crippen molar-refractivity contribution in [2.24, 2.45) is 12.0 Å². The number of hydrogen-bond donors (Lipinski definition) is 2. The van der Waals surface area contributed by atoms with E-state index in [2.05, 4.69) is 15.7 Å². The molecule has 1 aromatic carbocycles. The number of aryl methyl sites for hydroxylation is 2. The molecule has 194 valence electrons. The molecule has 38 heavy (non-hydrogen) atoms. The van der Waals surface area contributed by atoms with Crippen LogP contribution in [0.25, 0.3) is 6.08 Å². The largest absolute Gasteiger partial charge is 0.497 e. The van der Waals surface area contributed by atoms with Crippen molar-refractivity contribution in [3.63, 3.8) is 0 Å². The lowest BCUT2D eigenvalue weighted by molar-refractivity contribution is -0.125. The van der Waals surface area contributed by atoms with Gasteiger partial charge in [0, 0.05) is 42.9 Å². The van der Waals surface area contributed by atoms with Gasteiger partial charge in [-0.25, -0.2) is 9.79 Å². The predicted molar refractivity (Wildman–Crippen MR) is 137 cm³/mol. The highest BCUT2D eigenvalue weighted by atomic mass is 16.5. The highest BCUT2D eigenvalue weighted by Gasteiger charge is 2.53. The number of rotatable bonds is 5. The summed E-state index contributed by atoms with van der Waals surface area (Å²) in [6, 6.07) is 6.29. The Bertz CT molecular complexity index is 1600. The van der Waals surface area contributed by atoms with Crippen LogP contribution in [0.15, 0.2) is 39.8 Å². The Hall–Kier alpha value is -4.67. The fraction of sp³-hybridized carbons (Fsp3) is 0.296. The van der Waals surface area contributed by atoms with Gasteiger partial charge in [-0.1, -0.05) is 12.1 Å². The van der Waals surface area contributed by atoms with E-state index in [1.54, 1.807) is 18.2 Å². The second-order valence-electron chi connectivity index (χ2n) is 9.69. The van der Waals surface area contributed by atoms with Crippen LogP contribution in [-0.2, 0) is 23.9 Å². The van der Waals surface area contributed by atoms with Gasteiger partial charge in [-0.15, -0.1) is 0 Å². The highest BCUT2D eigenvalue weighted by molar-refractivity contribution is 6.09. The quantitative estimate of drug-likeness (QED) is 0.504. The minimum atomic E-state index is -1.62. The molecule has 1 fully saturated rings. The summed E-state index contributed by atoms with van der Waals surface area (Å²) in [6.45, 7) is 4.09. The van der Waals surface area contributed by atoms with E-state index in [1.165, 1.54) is 12.0 Å². The van der Waals surface area contributed by atoms with Crippen molar-refractivity contribution in [1.82, 2.24) is 25.3 Å². The lowest BCUT2D eigenvalue weighted by Crippen LogP contribution is -2.52. The minimum absolute atomic E-state index is 0.117. The number of nitrogens with one attached hydrogen (secondary N) is 2. The van der Waals surface area contributed by atoms with Crippen LogP contribution in [0, 0.1) is 13.8 Å². The Balaban J connectivity index is 1.39. The van der Waals surface area contributed by atoms with Crippen molar-refractivity contribution in [1.29, 1.82) is 0 Å². The van der Waals surface area contributed by atoms with Crippen LogP contribution in [0.5, 0.6) is 5.75 Å². The number of hydrogen-bond acceptors (Lipinski definition) is 7. The number of aliphatic imine (C=N–C) groups is 1. The lowest BCUT2D eigenvalue weighted by Gasteiger charge is -2.29. The predicted octanol–water partition coefficient (Wildman–Crippen LogP) is 2.87. The normalized spacial score (nSPS) is 20.2. The number of allylic oxidation sites excluding steroid dienone is 1. The molecule has 0 unspecified atom stereocenters. The molecular weight excluding hydrogens is 488 g/mol. The first kappa shape index (κ1) is 23.7. The molecular formula is C27H26N6O5. The van der Waals surface area contributed by atoms with Gasteiger partial charge in [-0.3, -0.25) is 19.6 Å². The fourth-order valence-corrected chi connectivity index (χ4v) is 5.37. The van der Waals surface area contributed by atoms with E-state index in [1.807, 2.05) is 43.8 Å². The summed E-state index contributed by atoms with van der Waals surface area (Å²) in [6.07, 6.45) is 4.33. The number of urea groups is 1. The van der Waals surface area contributed by atoms with Crippen molar-refractivity contribution < 1.29 is 23.5 Å². The number of imide groups is 1. The number of ether oxygens (including phenoxy) is 1. The first-order chi connectivity index (χ1) is 18.2. The van der Waals surface area contributed by atoms with Crippen LogP contribution in [0.4, 0.5) is 10.5 Å². The van der Waals surface area contributed by atoms with Gasteiger partial charge in [-0.05, 0) is 37.6 Å². The van der Waals surface area contributed by atoms with E-state index in [9.17, 15) is 14.4 Å². The van der Waals surface area contributed by atoms with Gasteiger partial charge in [0.1, 0.15) is 17.2 Å². The van der Waals surface area contributed by atoms with Gasteiger partial charge < -0.3 is 19.4 Å². The fourth-order valence-electron chi connectivity index (χ4n) is 5.37. The van der Waals surface area contributed by atoms with E-state index in [0.29, 0.717) is 29.2 Å². The molecule has 4 amide bonds. The number of nitrogens with zero attached hydrogens (tertiary/aromatic N) is 4. The van der Waals surface area contributed by atoms with E-state index >= 15 is 0 Å². The number of carbonyl (C=O) groups excluding carboxylic acids is 3. The molecule has 3 aliphatic rings. The molecule has 0 aliphatic carbocycles. The maximum atomic E-state index is 13.3. The maximum absolute atomic E-state index is 13.3. The first-order valence-electron chi connectivity index (χ1n) is 12.2. The second-order valence-corrected chi connectivity index (χ2v) is 9.69. The van der Waals surface area contributed by atoms with Gasteiger partial charge in [0.2, 0.25) is 0 Å². The number of amides is 4. The number of carbonyl (C=O) groups is 3. The van der Waals surface area contributed by atoms with Crippen LogP contribution in [0.2, 0.25) is 0 Å². The summed E-state index contributed by atoms with van der Waals surface area (Å²) < 4.78 is 13.2. The third-order valence-electron chi connectivity index (χ3n) is 7.36. The molecule has 5 heterocycles. The Morgan fingerprint density at radius 2 is 2.00 bits per heavy atom. The van der Waals surface area contributed by atoms with Crippen LogP contribution >= 0.6 is 0 Å². The van der Waals surface area contributed by atoms with Crippen molar-refractivity contribution in [2.75, 3.05) is 13.7 Å². The Morgan fingerprint density at radius 3 is 2.68 bits per heavy atom. The summed E-state index contributed by atoms with van der Waals surface area (Å²) in [7, 11) is 3.42. The number of benzene rings is 1. The lowest BCUT2D eigenvalue weighted by atomic mass is 9.95. The molecule has 2 aromatic heterocycles. The molecule has 0 bridgehead atoms. The van der Waals surface area contributed by atoms with Crippen molar-refractivity contribution in [3.05, 3.63) is 69.9 Å². The van der Waals surface area contributed by atoms with E-state index in [-0.39, 0.29) is 24.8 Å². The van der Waals surface area contributed by atoms with Gasteiger partial charge in [0.05, 0.1) is 25.1 Å². The van der Waals surface area contributed by atoms with Gasteiger partial charge in [0.15, 0.2) is 11.3 Å². The zero-order valence-corrected chi connectivity index (χ0v) is 21.4. The van der Waals surface area contributed by atoms with E-state index in [0.717, 1.165) is 28.2 Å². The SMILES string of the molecule is COc1ccc2c(c1)C(=O)N(C[C@@]1(c3cc4c(o3)C=CCC(c3c(C)nn(C)c3C)=N4)NC(=O)NC1=O)C2. The number of fused-ring (bicyclic) bond motifs is 2. The minimum Gasteiger partial charge on any atom is -0.497 e. The van der Waals surface area contributed by atoms with E-state index in [4.69, 9.17) is 14.1 Å². The van der Waals surface area contributed by atoms with Crippen LogP contribution < -0.4 is 15.4 Å². The standard InChI is InChI=1S/C27H26N6O5/c1-14-23(15(2)32(3)31-14)19-6-5-7-21-20(28-19)11-22(38-21)27(25(35)29-26(36)30-27)13-33-12-16-8-9-17(37-4)10-18(16)24(33)34/h5,7-11H,6,12-13H2,1-4H3,(H2,29,30,35,36)/t27-/m0/s1. The third-order valence-corrected chi connectivity index (χ3v) is 7.36. The molecule has 0 saturated carbocycles. The molecule has 1 atom stereocenters. The van der Waals surface area contributed by atoms with Crippen LogP contribution in [-0.4, -0.2) is 51.9 Å². The van der Waals surface area contributed by atoms with E-state index < -0.39 is 17.5 Å². The molecule has 0 radical (unpaired) electrons. The third kappa shape index (κ3) is 3.53. The summed E-state index contributed by atoms with van der Waals surface area (Å²) in [4.78, 5) is 45.3. The molecule has 0 spiro atoms. The monoisotopic (exact) mass is 514 g/mol. The van der Waals surface area contributed by atoms with Gasteiger partial charge in [0.25, 0.3) is 11.8 Å². The molecule has 11 heteroatoms. The topological polar surface area (TPSA) is 131 Å². The second kappa shape index (κ2) is 8.44. The summed E-state index contributed by atoms with van der Waals surface area (Å²) >= 11 is 0. The van der Waals surface area contributed by atoms with Crippen LogP contribution in [0.1, 0.15) is 50.8 Å². The molecule has 2 N–H and O–H groups in total. The zero-order valence-electron chi connectivity index (χ0n) is 21.4. The Labute approximate surface area is 218 Å². The average molecular weight is 515 g/mol.